The number of hydrogen-bond donors (Lipinski definition) is 0. The van der Waals surface area contributed by atoms with Crippen molar-refractivity contribution in [2.75, 3.05) is 19.6 Å². The van der Waals surface area contributed by atoms with Gasteiger partial charge in [-0.3, -0.25) is 14.4 Å². The van der Waals surface area contributed by atoms with Gasteiger partial charge in [-0.15, -0.1) is 0 Å². The van der Waals surface area contributed by atoms with Gasteiger partial charge >= 0.3 is 0 Å². The summed E-state index contributed by atoms with van der Waals surface area (Å²) in [6, 6.07) is 8.74. The zero-order valence-electron chi connectivity index (χ0n) is 15.7. The highest BCUT2D eigenvalue weighted by molar-refractivity contribution is 5.92. The van der Waals surface area contributed by atoms with Crippen molar-refractivity contribution in [1.82, 2.24) is 19.6 Å². The Hall–Kier alpha value is -2.21. The first-order valence-electron chi connectivity index (χ1n) is 9.21. The van der Waals surface area contributed by atoms with E-state index in [0.29, 0.717) is 18.2 Å². The van der Waals surface area contributed by atoms with Crippen LogP contribution in [-0.4, -0.2) is 51.2 Å². The van der Waals surface area contributed by atoms with Crippen molar-refractivity contribution in [1.29, 1.82) is 0 Å². The molecule has 1 saturated heterocycles. The molecule has 1 aliphatic heterocycles. The number of aromatic nitrogens is 2. The van der Waals surface area contributed by atoms with Crippen LogP contribution >= 0.6 is 0 Å². The lowest BCUT2D eigenvalue weighted by Crippen LogP contribution is -2.45. The topological polar surface area (TPSA) is 41.4 Å². The summed E-state index contributed by atoms with van der Waals surface area (Å²) in [5.74, 6) is 0.243. The van der Waals surface area contributed by atoms with Gasteiger partial charge in [0.05, 0.1) is 0 Å². The quantitative estimate of drug-likeness (QED) is 0.844. The van der Waals surface area contributed by atoms with Gasteiger partial charge in [-0.2, -0.15) is 5.10 Å². The van der Waals surface area contributed by atoms with Crippen LogP contribution in [-0.2, 0) is 13.6 Å². The molecule has 0 radical (unpaired) electrons. The van der Waals surface area contributed by atoms with E-state index in [1.165, 1.54) is 12.1 Å². The highest BCUT2D eigenvalue weighted by Gasteiger charge is 2.30. The van der Waals surface area contributed by atoms with Crippen LogP contribution < -0.4 is 0 Å². The van der Waals surface area contributed by atoms with Crippen molar-refractivity contribution in [3.05, 3.63) is 53.6 Å². The van der Waals surface area contributed by atoms with E-state index in [1.54, 1.807) is 24.0 Å². The molecule has 2 heterocycles. The average molecular weight is 358 g/mol. The van der Waals surface area contributed by atoms with Crippen LogP contribution in [0, 0.1) is 11.7 Å². The summed E-state index contributed by atoms with van der Waals surface area (Å²) in [6.07, 6.45) is 2.58. The Morgan fingerprint density at radius 3 is 2.58 bits per heavy atom. The molecule has 0 bridgehead atoms. The van der Waals surface area contributed by atoms with Crippen LogP contribution in [0.1, 0.15) is 36.3 Å². The Morgan fingerprint density at radius 2 is 1.96 bits per heavy atom. The monoisotopic (exact) mass is 358 g/mol. The van der Waals surface area contributed by atoms with Crippen molar-refractivity contribution < 1.29 is 9.18 Å². The van der Waals surface area contributed by atoms with Gasteiger partial charge in [-0.1, -0.05) is 26.0 Å². The van der Waals surface area contributed by atoms with E-state index >= 15 is 0 Å². The fourth-order valence-electron chi connectivity index (χ4n) is 3.65. The van der Waals surface area contributed by atoms with Gasteiger partial charge in [0, 0.05) is 45.5 Å². The number of benzene rings is 1. The van der Waals surface area contributed by atoms with Gasteiger partial charge in [0.25, 0.3) is 5.91 Å². The van der Waals surface area contributed by atoms with E-state index in [9.17, 15) is 9.18 Å². The normalized spacial score (nSPS) is 19.0. The molecule has 1 aromatic heterocycles. The van der Waals surface area contributed by atoms with Crippen LogP contribution in [0.5, 0.6) is 0 Å². The molecule has 1 atom stereocenters. The molecule has 1 aliphatic rings. The number of nitrogens with zero attached hydrogens (tertiary/aromatic N) is 4. The Labute approximate surface area is 154 Å². The lowest BCUT2D eigenvalue weighted by Gasteiger charge is -2.34. The zero-order valence-corrected chi connectivity index (χ0v) is 15.7. The van der Waals surface area contributed by atoms with Crippen molar-refractivity contribution in [3.63, 3.8) is 0 Å². The molecule has 6 heteroatoms. The third-order valence-electron chi connectivity index (χ3n) is 5.15. The summed E-state index contributed by atoms with van der Waals surface area (Å²) in [5.41, 5.74) is 1.72. The molecule has 1 fully saturated rings. The fourth-order valence-corrected chi connectivity index (χ4v) is 3.65. The molecule has 0 aliphatic carbocycles. The van der Waals surface area contributed by atoms with Crippen molar-refractivity contribution in [2.45, 2.75) is 32.9 Å². The maximum atomic E-state index is 13.2. The lowest BCUT2D eigenvalue weighted by molar-refractivity contribution is 0.0691. The standard InChI is InChI=1S/C20H27FN4O/c1-15(2)19-14-25(20(26)18-9-10-22-23(18)3)12-4-11-24(19)13-16-5-7-17(21)8-6-16/h5-10,15,19H,4,11-14H2,1-3H3/t19-/m1/s1. The Bertz CT molecular complexity index is 741. The minimum absolute atomic E-state index is 0.0410. The number of carbonyl (C=O) groups is 1. The molecular formula is C20H27FN4O. The molecule has 0 N–H and O–H groups in total. The van der Waals surface area contributed by atoms with Crippen LogP contribution in [0.15, 0.2) is 36.5 Å². The Morgan fingerprint density at radius 1 is 1.23 bits per heavy atom. The zero-order chi connectivity index (χ0) is 18.7. The van der Waals surface area contributed by atoms with E-state index in [0.717, 1.165) is 31.6 Å². The molecule has 140 valence electrons. The van der Waals surface area contributed by atoms with Crippen molar-refractivity contribution in [3.8, 4) is 0 Å². The smallest absolute Gasteiger partial charge is 0.272 e. The molecule has 1 amide bonds. The van der Waals surface area contributed by atoms with E-state index in [2.05, 4.69) is 23.8 Å². The summed E-state index contributed by atoms with van der Waals surface area (Å²) in [6.45, 7) is 7.53. The van der Waals surface area contributed by atoms with Gasteiger partial charge in [0.1, 0.15) is 11.5 Å². The summed E-state index contributed by atoms with van der Waals surface area (Å²) in [4.78, 5) is 17.3. The average Bonchev–Trinajstić information content (AvgIpc) is 2.92. The lowest BCUT2D eigenvalue weighted by atomic mass is 10.0. The summed E-state index contributed by atoms with van der Waals surface area (Å²) < 4.78 is 14.8. The Kier molecular flexibility index (Phi) is 5.71. The van der Waals surface area contributed by atoms with Crippen molar-refractivity contribution in [2.24, 2.45) is 13.0 Å². The minimum atomic E-state index is -0.210. The second kappa shape index (κ2) is 7.99. The minimum Gasteiger partial charge on any atom is -0.336 e. The predicted molar refractivity (Wildman–Crippen MR) is 99.2 cm³/mol. The molecule has 1 aromatic carbocycles. The molecule has 0 unspecified atom stereocenters. The molecule has 0 spiro atoms. The number of rotatable bonds is 4. The maximum absolute atomic E-state index is 13.2. The maximum Gasteiger partial charge on any atom is 0.272 e. The first kappa shape index (κ1) is 18.6. The van der Waals surface area contributed by atoms with Crippen LogP contribution in [0.25, 0.3) is 0 Å². The SMILES string of the molecule is CC(C)[C@H]1CN(C(=O)c2ccnn2C)CCCN1Cc1ccc(F)cc1. The highest BCUT2D eigenvalue weighted by atomic mass is 19.1. The van der Waals surface area contributed by atoms with Crippen LogP contribution in [0.2, 0.25) is 0 Å². The largest absolute Gasteiger partial charge is 0.336 e. The van der Waals surface area contributed by atoms with E-state index in [1.807, 2.05) is 17.0 Å². The van der Waals surface area contributed by atoms with Gasteiger partial charge in [0.15, 0.2) is 0 Å². The van der Waals surface area contributed by atoms with Crippen LogP contribution in [0.4, 0.5) is 4.39 Å². The van der Waals surface area contributed by atoms with E-state index in [-0.39, 0.29) is 17.8 Å². The van der Waals surface area contributed by atoms with Crippen LogP contribution in [0.3, 0.4) is 0 Å². The number of carbonyl (C=O) groups excluding carboxylic acids is 1. The van der Waals surface area contributed by atoms with Gasteiger partial charge in [0.2, 0.25) is 0 Å². The van der Waals surface area contributed by atoms with Gasteiger partial charge < -0.3 is 4.90 Å². The van der Waals surface area contributed by atoms with E-state index < -0.39 is 0 Å². The molecule has 5 nitrogen and oxygen atoms in total. The molecular weight excluding hydrogens is 331 g/mol. The Balaban J connectivity index is 1.76. The van der Waals surface area contributed by atoms with Gasteiger partial charge in [-0.25, -0.2) is 4.39 Å². The number of hydrogen-bond acceptors (Lipinski definition) is 3. The first-order valence-corrected chi connectivity index (χ1v) is 9.21. The third kappa shape index (κ3) is 4.12. The first-order chi connectivity index (χ1) is 12.5. The molecule has 0 saturated carbocycles. The van der Waals surface area contributed by atoms with Crippen molar-refractivity contribution >= 4 is 5.91 Å². The fraction of sp³-hybridized carbons (Fsp3) is 0.500. The highest BCUT2D eigenvalue weighted by Crippen LogP contribution is 2.21. The summed E-state index contributed by atoms with van der Waals surface area (Å²) in [5, 5.41) is 4.12. The number of aryl methyl sites for hydroxylation is 1. The summed E-state index contributed by atoms with van der Waals surface area (Å²) in [7, 11) is 1.80. The molecule has 2 aromatic rings. The molecule has 26 heavy (non-hydrogen) atoms. The second-order valence-corrected chi connectivity index (χ2v) is 7.35. The number of amides is 1. The van der Waals surface area contributed by atoms with Gasteiger partial charge in [-0.05, 0) is 36.1 Å². The van der Waals surface area contributed by atoms with E-state index in [4.69, 9.17) is 0 Å². The number of halogens is 1. The second-order valence-electron chi connectivity index (χ2n) is 7.35. The third-order valence-corrected chi connectivity index (χ3v) is 5.15. The summed E-state index contributed by atoms with van der Waals surface area (Å²) >= 11 is 0. The molecule has 3 rings (SSSR count). The predicted octanol–water partition coefficient (Wildman–Crippen LogP) is 2.93.